The number of hydrogen-bond donors (Lipinski definition) is 0. The highest BCUT2D eigenvalue weighted by Crippen LogP contribution is 2.39. The van der Waals surface area contributed by atoms with Crippen LogP contribution in [0, 0.1) is 11.8 Å². The van der Waals surface area contributed by atoms with Gasteiger partial charge in [-0.25, -0.2) is 0 Å². The minimum atomic E-state index is -0.256. The molecule has 0 N–H and O–H groups in total. The molecule has 1 aromatic rings. The van der Waals surface area contributed by atoms with Gasteiger partial charge in [0.15, 0.2) is 6.29 Å². The normalized spacial score (nSPS) is 41.1. The Hall–Kier alpha value is -0.900. The third-order valence-electron chi connectivity index (χ3n) is 4.82. The van der Waals surface area contributed by atoms with E-state index in [-0.39, 0.29) is 18.5 Å². The molecule has 2 saturated heterocycles. The summed E-state index contributed by atoms with van der Waals surface area (Å²) in [7, 11) is 0. The Bertz CT molecular complexity index is 431. The van der Waals surface area contributed by atoms with Crippen LogP contribution in [0.3, 0.4) is 0 Å². The monoisotopic (exact) mass is 276 g/mol. The summed E-state index contributed by atoms with van der Waals surface area (Å²) in [6, 6.07) is 10.2. The molecule has 3 nitrogen and oxygen atoms in total. The van der Waals surface area contributed by atoms with E-state index in [2.05, 4.69) is 32.9 Å². The Morgan fingerprint density at radius 3 is 2.50 bits per heavy atom. The van der Waals surface area contributed by atoms with Crippen molar-refractivity contribution in [1.82, 2.24) is 0 Å². The van der Waals surface area contributed by atoms with Crippen molar-refractivity contribution in [3.63, 3.8) is 0 Å². The molecule has 0 radical (unpaired) electrons. The van der Waals surface area contributed by atoms with E-state index in [1.54, 1.807) is 0 Å². The second-order valence-corrected chi connectivity index (χ2v) is 6.02. The average molecular weight is 276 g/mol. The lowest BCUT2D eigenvalue weighted by Gasteiger charge is -2.48. The van der Waals surface area contributed by atoms with Gasteiger partial charge < -0.3 is 14.2 Å². The summed E-state index contributed by atoms with van der Waals surface area (Å²) in [5.41, 5.74) is 1.09. The van der Waals surface area contributed by atoms with Crippen LogP contribution in [0.25, 0.3) is 0 Å². The highest BCUT2D eigenvalue weighted by Gasteiger charge is 2.45. The molecular weight excluding hydrogens is 252 g/mol. The van der Waals surface area contributed by atoms with E-state index in [0.29, 0.717) is 24.5 Å². The summed E-state index contributed by atoms with van der Waals surface area (Å²) in [5, 5.41) is 0. The summed E-state index contributed by atoms with van der Waals surface area (Å²) in [6.07, 6.45) is 1.33. The fourth-order valence-corrected chi connectivity index (χ4v) is 3.37. The zero-order chi connectivity index (χ0) is 14.1. The number of hydrogen-bond acceptors (Lipinski definition) is 3. The molecule has 0 aromatic heterocycles. The van der Waals surface area contributed by atoms with Gasteiger partial charge in [-0.15, -0.1) is 0 Å². The van der Waals surface area contributed by atoms with Gasteiger partial charge in [-0.05, 0) is 18.3 Å². The first kappa shape index (κ1) is 14.1. The van der Waals surface area contributed by atoms with Gasteiger partial charge in [0.25, 0.3) is 0 Å². The lowest BCUT2D eigenvalue weighted by Crippen LogP contribution is -2.54. The molecule has 110 valence electrons. The molecule has 3 heteroatoms. The summed E-state index contributed by atoms with van der Waals surface area (Å²) in [4.78, 5) is 0. The zero-order valence-electron chi connectivity index (χ0n) is 12.5. The minimum absolute atomic E-state index is 0.0751. The van der Waals surface area contributed by atoms with Crippen LogP contribution in [-0.4, -0.2) is 24.9 Å². The molecule has 0 saturated carbocycles. The predicted octanol–water partition coefficient (Wildman–Crippen LogP) is 3.55. The van der Waals surface area contributed by atoms with E-state index in [4.69, 9.17) is 14.2 Å². The van der Waals surface area contributed by atoms with Crippen molar-refractivity contribution in [2.24, 2.45) is 11.8 Å². The van der Waals surface area contributed by atoms with E-state index in [1.807, 2.05) is 18.2 Å². The number of rotatable bonds is 2. The summed E-state index contributed by atoms with van der Waals surface area (Å²) in [5.74, 6) is 1.02. The van der Waals surface area contributed by atoms with Crippen molar-refractivity contribution >= 4 is 0 Å². The topological polar surface area (TPSA) is 27.7 Å². The maximum atomic E-state index is 6.20. The minimum Gasteiger partial charge on any atom is -0.370 e. The summed E-state index contributed by atoms with van der Waals surface area (Å²) >= 11 is 0. The molecular formula is C17H24O3. The van der Waals surface area contributed by atoms with E-state index in [1.165, 1.54) is 0 Å². The fourth-order valence-electron chi connectivity index (χ4n) is 3.37. The van der Waals surface area contributed by atoms with Crippen LogP contribution in [0.15, 0.2) is 30.3 Å². The van der Waals surface area contributed by atoms with Gasteiger partial charge >= 0.3 is 0 Å². The van der Waals surface area contributed by atoms with Gasteiger partial charge in [0.2, 0.25) is 0 Å². The van der Waals surface area contributed by atoms with Crippen LogP contribution >= 0.6 is 0 Å². The standard InChI is InChI=1S/C17H24O3/c1-4-14-11(2)12(3)16-15(19-14)10-18-17(20-16)13-8-6-5-7-9-13/h5-9,11-12,14-17H,4,10H2,1-3H3. The maximum Gasteiger partial charge on any atom is 0.184 e. The third kappa shape index (κ3) is 2.50. The van der Waals surface area contributed by atoms with Crippen LogP contribution in [0.1, 0.15) is 39.0 Å². The van der Waals surface area contributed by atoms with Crippen LogP contribution < -0.4 is 0 Å². The van der Waals surface area contributed by atoms with Crippen molar-refractivity contribution in [1.29, 1.82) is 0 Å². The Labute approximate surface area is 121 Å². The maximum absolute atomic E-state index is 6.20. The van der Waals surface area contributed by atoms with Gasteiger partial charge in [-0.2, -0.15) is 0 Å². The van der Waals surface area contributed by atoms with E-state index in [0.717, 1.165) is 12.0 Å². The third-order valence-corrected chi connectivity index (χ3v) is 4.82. The number of fused-ring (bicyclic) bond motifs is 1. The Balaban J connectivity index is 1.74. The molecule has 1 aromatic carbocycles. The SMILES string of the molecule is CCC1OC2COC(c3ccccc3)OC2C(C)C1C. The summed E-state index contributed by atoms with van der Waals surface area (Å²) < 4.78 is 18.2. The van der Waals surface area contributed by atoms with Crippen molar-refractivity contribution in [3.8, 4) is 0 Å². The van der Waals surface area contributed by atoms with Crippen LogP contribution in [0.4, 0.5) is 0 Å². The molecule has 0 aliphatic carbocycles. The molecule has 0 spiro atoms. The lowest BCUT2D eigenvalue weighted by molar-refractivity contribution is -0.310. The fraction of sp³-hybridized carbons (Fsp3) is 0.647. The molecule has 2 fully saturated rings. The van der Waals surface area contributed by atoms with Gasteiger partial charge in [0.05, 0.1) is 18.8 Å². The second kappa shape index (κ2) is 5.84. The Morgan fingerprint density at radius 1 is 1.05 bits per heavy atom. The molecule has 6 atom stereocenters. The number of benzene rings is 1. The molecule has 2 heterocycles. The van der Waals surface area contributed by atoms with Crippen LogP contribution in [-0.2, 0) is 14.2 Å². The van der Waals surface area contributed by atoms with Gasteiger partial charge in [-0.1, -0.05) is 51.1 Å². The molecule has 2 aliphatic rings. The molecule has 2 aliphatic heterocycles. The van der Waals surface area contributed by atoms with Crippen molar-refractivity contribution < 1.29 is 14.2 Å². The van der Waals surface area contributed by atoms with E-state index in [9.17, 15) is 0 Å². The molecule has 6 unspecified atom stereocenters. The van der Waals surface area contributed by atoms with Crippen molar-refractivity contribution in [2.45, 2.75) is 51.8 Å². The highest BCUT2D eigenvalue weighted by molar-refractivity contribution is 5.16. The van der Waals surface area contributed by atoms with E-state index < -0.39 is 0 Å². The first-order valence-electron chi connectivity index (χ1n) is 7.68. The first-order chi connectivity index (χ1) is 9.70. The smallest absolute Gasteiger partial charge is 0.184 e. The molecule has 0 amide bonds. The summed E-state index contributed by atoms with van der Waals surface area (Å²) in [6.45, 7) is 7.36. The van der Waals surface area contributed by atoms with Crippen molar-refractivity contribution in [2.75, 3.05) is 6.61 Å². The van der Waals surface area contributed by atoms with Gasteiger partial charge in [-0.3, -0.25) is 0 Å². The molecule has 0 bridgehead atoms. The molecule has 20 heavy (non-hydrogen) atoms. The second-order valence-electron chi connectivity index (χ2n) is 6.02. The first-order valence-corrected chi connectivity index (χ1v) is 7.68. The van der Waals surface area contributed by atoms with Crippen molar-refractivity contribution in [3.05, 3.63) is 35.9 Å². The number of ether oxygens (including phenoxy) is 3. The van der Waals surface area contributed by atoms with Gasteiger partial charge in [0, 0.05) is 5.56 Å². The van der Waals surface area contributed by atoms with Crippen LogP contribution in [0.2, 0.25) is 0 Å². The Morgan fingerprint density at radius 2 is 1.80 bits per heavy atom. The largest absolute Gasteiger partial charge is 0.370 e. The Kier molecular flexibility index (Phi) is 4.11. The average Bonchev–Trinajstić information content (AvgIpc) is 2.51. The molecule has 3 rings (SSSR count). The zero-order valence-corrected chi connectivity index (χ0v) is 12.5. The van der Waals surface area contributed by atoms with E-state index >= 15 is 0 Å². The quantitative estimate of drug-likeness (QED) is 0.826. The predicted molar refractivity (Wildman–Crippen MR) is 77.3 cm³/mol. The van der Waals surface area contributed by atoms with Gasteiger partial charge in [0.1, 0.15) is 6.10 Å². The highest BCUT2D eigenvalue weighted by atomic mass is 16.7. The van der Waals surface area contributed by atoms with Crippen LogP contribution in [0.5, 0.6) is 0 Å². The lowest BCUT2D eigenvalue weighted by atomic mass is 9.80.